The first kappa shape index (κ1) is 29.7. The molecule has 4 rings (SSSR count). The molecule has 37 heavy (non-hydrogen) atoms. The molecule has 2 aliphatic heterocycles. The van der Waals surface area contributed by atoms with Crippen molar-refractivity contribution in [2.75, 3.05) is 30.6 Å². The van der Waals surface area contributed by atoms with Gasteiger partial charge in [-0.05, 0) is 49.8 Å². The van der Waals surface area contributed by atoms with E-state index < -0.39 is 27.2 Å². The summed E-state index contributed by atoms with van der Waals surface area (Å²) in [4.78, 5) is 31.2. The lowest BCUT2D eigenvalue weighted by atomic mass is 9.77. The van der Waals surface area contributed by atoms with E-state index >= 15 is 0 Å². The number of halogens is 1. The molecule has 0 radical (unpaired) electrons. The summed E-state index contributed by atoms with van der Waals surface area (Å²) in [6.45, 7) is 4.61. The van der Waals surface area contributed by atoms with Gasteiger partial charge in [0.1, 0.15) is 11.6 Å². The van der Waals surface area contributed by atoms with Crippen molar-refractivity contribution in [2.45, 2.75) is 88.4 Å². The third-order valence-electron chi connectivity index (χ3n) is 7.97. The number of piperazine rings is 1. The number of amides is 2. The molecule has 1 aromatic rings. The Morgan fingerprint density at radius 2 is 1.68 bits per heavy atom. The highest BCUT2D eigenvalue weighted by Gasteiger charge is 2.54. The van der Waals surface area contributed by atoms with Crippen LogP contribution in [0, 0.1) is 0 Å². The van der Waals surface area contributed by atoms with Gasteiger partial charge in [0.2, 0.25) is 21.8 Å². The summed E-state index contributed by atoms with van der Waals surface area (Å²) in [6.07, 6.45) is 7.72. The molecule has 2 heterocycles. The lowest BCUT2D eigenvalue weighted by Gasteiger charge is -2.52. The second-order valence-corrected chi connectivity index (χ2v) is 12.6. The molecule has 3 N–H and O–H groups in total. The second-order valence-electron chi connectivity index (χ2n) is 10.9. The van der Waals surface area contributed by atoms with Gasteiger partial charge in [-0.2, -0.15) is 0 Å². The minimum Gasteiger partial charge on any atom is -0.390 e. The van der Waals surface area contributed by atoms with Crippen LogP contribution < -0.4 is 10.0 Å². The Bertz CT molecular complexity index is 1050. The SMILES string of the molecule is CCCN1C(=O)[C@@H](CC2(O)CCCCC2)NC(=O)C12CCN(Cc1ccc(NS(C)(=O)=O)cc1)CC2.Cl. The van der Waals surface area contributed by atoms with Gasteiger partial charge in [-0.1, -0.05) is 38.3 Å². The van der Waals surface area contributed by atoms with Crippen molar-refractivity contribution in [2.24, 2.45) is 0 Å². The fraction of sp³-hybridized carbons (Fsp3) is 0.692. The summed E-state index contributed by atoms with van der Waals surface area (Å²) in [5.74, 6) is -0.145. The van der Waals surface area contributed by atoms with Crippen LogP contribution in [0.2, 0.25) is 0 Å². The number of aliphatic hydroxyl groups is 1. The van der Waals surface area contributed by atoms with Gasteiger partial charge in [-0.15, -0.1) is 12.4 Å². The lowest BCUT2D eigenvalue weighted by Crippen LogP contribution is -2.73. The van der Waals surface area contributed by atoms with Crippen LogP contribution in [0.3, 0.4) is 0 Å². The van der Waals surface area contributed by atoms with Gasteiger partial charge >= 0.3 is 0 Å². The molecule has 208 valence electrons. The van der Waals surface area contributed by atoms with Crippen molar-refractivity contribution in [3.05, 3.63) is 29.8 Å². The summed E-state index contributed by atoms with van der Waals surface area (Å²) in [6, 6.07) is 6.64. The number of carbonyl (C=O) groups is 2. The van der Waals surface area contributed by atoms with Gasteiger partial charge in [0.05, 0.1) is 11.9 Å². The van der Waals surface area contributed by atoms with Gasteiger partial charge in [-0.3, -0.25) is 19.2 Å². The molecular formula is C26H41ClN4O5S. The van der Waals surface area contributed by atoms with E-state index in [0.717, 1.165) is 37.5 Å². The van der Waals surface area contributed by atoms with Gasteiger partial charge in [0.25, 0.3) is 0 Å². The smallest absolute Gasteiger partial charge is 0.246 e. The fourth-order valence-corrected chi connectivity index (χ4v) is 6.65. The predicted molar refractivity (Wildman–Crippen MR) is 146 cm³/mol. The maximum Gasteiger partial charge on any atom is 0.246 e. The van der Waals surface area contributed by atoms with Crippen molar-refractivity contribution >= 4 is 39.9 Å². The Morgan fingerprint density at radius 3 is 2.24 bits per heavy atom. The zero-order valence-corrected chi connectivity index (χ0v) is 23.5. The first-order valence-electron chi connectivity index (χ1n) is 13.2. The molecule has 3 aliphatic rings. The van der Waals surface area contributed by atoms with Gasteiger partial charge in [0, 0.05) is 38.3 Å². The molecule has 2 amide bonds. The van der Waals surface area contributed by atoms with Crippen molar-refractivity contribution in [1.29, 1.82) is 0 Å². The normalized spacial score (nSPS) is 23.9. The average molecular weight is 557 g/mol. The maximum absolute atomic E-state index is 13.6. The zero-order chi connectivity index (χ0) is 26.0. The van der Waals surface area contributed by atoms with Crippen LogP contribution in [0.25, 0.3) is 0 Å². The number of hydrogen-bond donors (Lipinski definition) is 3. The number of carbonyl (C=O) groups excluding carboxylic acids is 2. The second kappa shape index (κ2) is 11.9. The summed E-state index contributed by atoms with van der Waals surface area (Å²) >= 11 is 0. The maximum atomic E-state index is 13.6. The van der Waals surface area contributed by atoms with E-state index in [-0.39, 0.29) is 24.2 Å². The molecule has 11 heteroatoms. The molecule has 2 saturated heterocycles. The first-order chi connectivity index (χ1) is 17.0. The number of anilines is 1. The van der Waals surface area contributed by atoms with Crippen LogP contribution in [0.1, 0.15) is 70.3 Å². The zero-order valence-electron chi connectivity index (χ0n) is 21.9. The van der Waals surface area contributed by atoms with Gasteiger partial charge in [-0.25, -0.2) is 8.42 Å². The van der Waals surface area contributed by atoms with E-state index in [2.05, 4.69) is 14.9 Å². The van der Waals surface area contributed by atoms with Crippen LogP contribution in [-0.4, -0.2) is 78.2 Å². The molecule has 0 aromatic heterocycles. The number of nitrogens with one attached hydrogen (secondary N) is 2. The number of hydrogen-bond acceptors (Lipinski definition) is 6. The summed E-state index contributed by atoms with van der Waals surface area (Å²) < 4.78 is 25.3. The monoisotopic (exact) mass is 556 g/mol. The van der Waals surface area contributed by atoms with E-state index in [4.69, 9.17) is 0 Å². The Labute approximate surface area is 226 Å². The van der Waals surface area contributed by atoms with Crippen molar-refractivity contribution in [3.63, 3.8) is 0 Å². The van der Waals surface area contributed by atoms with Crippen LogP contribution in [-0.2, 0) is 26.2 Å². The van der Waals surface area contributed by atoms with E-state index in [1.165, 1.54) is 0 Å². The molecular weight excluding hydrogens is 516 g/mol. The molecule has 0 unspecified atom stereocenters. The molecule has 1 spiro atoms. The third-order valence-corrected chi connectivity index (χ3v) is 8.58. The molecule has 1 aliphatic carbocycles. The summed E-state index contributed by atoms with van der Waals surface area (Å²) in [5, 5.41) is 14.0. The molecule has 0 bridgehead atoms. The van der Waals surface area contributed by atoms with E-state index in [0.29, 0.717) is 64.0 Å². The number of rotatable bonds is 8. The quantitative estimate of drug-likeness (QED) is 0.453. The van der Waals surface area contributed by atoms with Gasteiger partial charge < -0.3 is 15.3 Å². The Hall–Kier alpha value is -1.88. The summed E-state index contributed by atoms with van der Waals surface area (Å²) in [5.41, 5.74) is -0.123. The van der Waals surface area contributed by atoms with Crippen LogP contribution in [0.15, 0.2) is 24.3 Å². The minimum atomic E-state index is -3.31. The highest BCUT2D eigenvalue weighted by Crippen LogP contribution is 2.37. The third kappa shape index (κ3) is 6.96. The molecule has 9 nitrogen and oxygen atoms in total. The molecule has 1 aromatic carbocycles. The lowest BCUT2D eigenvalue weighted by molar-refractivity contribution is -0.163. The number of benzene rings is 1. The average Bonchev–Trinajstić information content (AvgIpc) is 2.82. The largest absolute Gasteiger partial charge is 0.390 e. The van der Waals surface area contributed by atoms with Crippen molar-refractivity contribution in [1.82, 2.24) is 15.1 Å². The Kier molecular flexibility index (Phi) is 9.53. The van der Waals surface area contributed by atoms with Crippen LogP contribution in [0.5, 0.6) is 0 Å². The molecule has 1 saturated carbocycles. The molecule has 3 fully saturated rings. The van der Waals surface area contributed by atoms with E-state index in [1.807, 2.05) is 24.0 Å². The van der Waals surface area contributed by atoms with E-state index in [1.54, 1.807) is 12.1 Å². The number of piperidine rings is 1. The van der Waals surface area contributed by atoms with Gasteiger partial charge in [0.15, 0.2) is 0 Å². The highest BCUT2D eigenvalue weighted by molar-refractivity contribution is 7.92. The van der Waals surface area contributed by atoms with E-state index in [9.17, 15) is 23.1 Å². The summed E-state index contributed by atoms with van der Waals surface area (Å²) in [7, 11) is -3.31. The number of likely N-dealkylation sites (tertiary alicyclic amines) is 1. The number of sulfonamides is 1. The van der Waals surface area contributed by atoms with Crippen LogP contribution >= 0.6 is 12.4 Å². The Balaban J connectivity index is 0.00000380. The Morgan fingerprint density at radius 1 is 1.05 bits per heavy atom. The van der Waals surface area contributed by atoms with Crippen molar-refractivity contribution < 1.29 is 23.1 Å². The topological polar surface area (TPSA) is 119 Å². The van der Waals surface area contributed by atoms with Crippen LogP contribution in [0.4, 0.5) is 5.69 Å². The minimum absolute atomic E-state index is 0. The number of nitrogens with zero attached hydrogens (tertiary/aromatic N) is 2. The predicted octanol–water partition coefficient (Wildman–Crippen LogP) is 2.64. The fourth-order valence-electron chi connectivity index (χ4n) is 6.08. The highest BCUT2D eigenvalue weighted by atomic mass is 35.5. The van der Waals surface area contributed by atoms with Crippen molar-refractivity contribution in [3.8, 4) is 0 Å². The standard InChI is InChI=1S/C26H40N4O5S.ClH/c1-3-15-30-23(31)22(18-25(33)11-5-4-6-12-25)27-24(32)26(30)13-16-29(17-14-26)19-20-7-9-21(10-8-20)28-36(2,34)35;/h7-10,22,28,33H,3-6,11-19H2,1-2H3,(H,27,32);1H/t22-;/m1./s1. The molecule has 1 atom stereocenters. The first-order valence-corrected chi connectivity index (χ1v) is 15.1.